The Kier molecular flexibility index (Phi) is 5.29. The monoisotopic (exact) mass is 198 g/mol. The number of hydrogen-bond donors (Lipinski definition) is 2. The van der Waals surface area contributed by atoms with Crippen molar-refractivity contribution >= 4 is 0 Å². The fourth-order valence-corrected chi connectivity index (χ4v) is 1.19. The van der Waals surface area contributed by atoms with Gasteiger partial charge < -0.3 is 20.2 Å². The van der Waals surface area contributed by atoms with Crippen molar-refractivity contribution in [1.82, 2.24) is 5.32 Å². The van der Waals surface area contributed by atoms with Gasteiger partial charge in [0.1, 0.15) is 5.76 Å². The molecule has 1 unspecified atom stereocenters. The van der Waals surface area contributed by atoms with Gasteiger partial charge in [0, 0.05) is 33.2 Å². The average molecular weight is 198 g/mol. The Morgan fingerprint density at radius 1 is 1.64 bits per heavy atom. The van der Waals surface area contributed by atoms with Crippen LogP contribution in [0.5, 0.6) is 0 Å². The minimum atomic E-state index is 0.103. The van der Waals surface area contributed by atoms with Gasteiger partial charge in [-0.05, 0) is 12.1 Å². The van der Waals surface area contributed by atoms with Gasteiger partial charge in [-0.3, -0.25) is 0 Å². The van der Waals surface area contributed by atoms with Gasteiger partial charge in [0.15, 0.2) is 0 Å². The van der Waals surface area contributed by atoms with Crippen molar-refractivity contribution in [3.8, 4) is 0 Å². The van der Waals surface area contributed by atoms with Crippen molar-refractivity contribution < 1.29 is 9.15 Å². The fraction of sp³-hybridized carbons (Fsp3) is 0.600. The van der Waals surface area contributed by atoms with E-state index in [9.17, 15) is 0 Å². The summed E-state index contributed by atoms with van der Waals surface area (Å²) < 4.78 is 10.3. The van der Waals surface area contributed by atoms with Crippen LogP contribution in [-0.2, 0) is 11.2 Å². The van der Waals surface area contributed by atoms with Crippen molar-refractivity contribution in [2.45, 2.75) is 12.5 Å². The number of methoxy groups -OCH3 is 1. The summed E-state index contributed by atoms with van der Waals surface area (Å²) >= 11 is 0. The number of rotatable bonds is 7. The fourth-order valence-electron chi connectivity index (χ4n) is 1.19. The van der Waals surface area contributed by atoms with Gasteiger partial charge in [-0.1, -0.05) is 0 Å². The second-order valence-corrected chi connectivity index (χ2v) is 3.13. The maximum Gasteiger partial charge on any atom is 0.105 e. The second kappa shape index (κ2) is 6.59. The van der Waals surface area contributed by atoms with Crippen LogP contribution < -0.4 is 11.1 Å². The molecule has 0 spiro atoms. The molecule has 0 fully saturated rings. The van der Waals surface area contributed by atoms with Crippen LogP contribution in [0.4, 0.5) is 0 Å². The summed E-state index contributed by atoms with van der Waals surface area (Å²) in [4.78, 5) is 0. The molecule has 0 saturated carbocycles. The van der Waals surface area contributed by atoms with Crippen LogP contribution in [0, 0.1) is 0 Å². The predicted molar refractivity (Wildman–Crippen MR) is 55.1 cm³/mol. The zero-order valence-electron chi connectivity index (χ0n) is 8.53. The lowest BCUT2D eigenvalue weighted by atomic mass is 10.3. The average Bonchev–Trinajstić information content (AvgIpc) is 2.71. The highest BCUT2D eigenvalue weighted by molar-refractivity contribution is 4.98. The van der Waals surface area contributed by atoms with Crippen molar-refractivity contribution in [2.75, 3.05) is 26.7 Å². The van der Waals surface area contributed by atoms with Crippen molar-refractivity contribution in [2.24, 2.45) is 5.73 Å². The Balaban J connectivity index is 2.04. The molecule has 0 bridgehead atoms. The van der Waals surface area contributed by atoms with Gasteiger partial charge in [0.05, 0.1) is 12.4 Å². The third-order valence-corrected chi connectivity index (χ3v) is 2.10. The lowest BCUT2D eigenvalue weighted by Gasteiger charge is -2.12. The molecule has 80 valence electrons. The molecule has 1 aromatic rings. The Labute approximate surface area is 84.4 Å². The summed E-state index contributed by atoms with van der Waals surface area (Å²) in [6, 6.07) is 3.87. The number of nitrogens with two attached hydrogens (primary N) is 1. The van der Waals surface area contributed by atoms with Gasteiger partial charge in [-0.2, -0.15) is 0 Å². The highest BCUT2D eigenvalue weighted by Crippen LogP contribution is 1.99. The number of hydrogen-bond acceptors (Lipinski definition) is 4. The molecule has 14 heavy (non-hydrogen) atoms. The zero-order chi connectivity index (χ0) is 10.2. The van der Waals surface area contributed by atoms with Crippen molar-refractivity contribution in [3.63, 3.8) is 0 Å². The Morgan fingerprint density at radius 2 is 2.50 bits per heavy atom. The van der Waals surface area contributed by atoms with Crippen LogP contribution in [0.2, 0.25) is 0 Å². The maximum absolute atomic E-state index is 5.48. The van der Waals surface area contributed by atoms with E-state index in [1.54, 1.807) is 13.4 Å². The molecule has 0 amide bonds. The van der Waals surface area contributed by atoms with Crippen LogP contribution in [0.1, 0.15) is 5.76 Å². The first-order valence-electron chi connectivity index (χ1n) is 4.82. The van der Waals surface area contributed by atoms with Gasteiger partial charge in [-0.15, -0.1) is 0 Å². The molecule has 0 aliphatic rings. The lowest BCUT2D eigenvalue weighted by Crippen LogP contribution is -2.35. The van der Waals surface area contributed by atoms with E-state index in [1.165, 1.54) is 0 Å². The number of nitrogens with one attached hydrogen (secondary N) is 1. The highest BCUT2D eigenvalue weighted by Gasteiger charge is 2.03. The molecular weight excluding hydrogens is 180 g/mol. The van der Waals surface area contributed by atoms with E-state index in [-0.39, 0.29) is 6.10 Å². The molecule has 1 aromatic heterocycles. The first-order chi connectivity index (χ1) is 6.86. The van der Waals surface area contributed by atoms with Gasteiger partial charge in [0.25, 0.3) is 0 Å². The van der Waals surface area contributed by atoms with Crippen LogP contribution in [0.25, 0.3) is 0 Å². The summed E-state index contributed by atoms with van der Waals surface area (Å²) in [5, 5.41) is 3.26. The van der Waals surface area contributed by atoms with Crippen molar-refractivity contribution in [3.05, 3.63) is 24.2 Å². The van der Waals surface area contributed by atoms with E-state index in [0.29, 0.717) is 6.54 Å². The standard InChI is InChI=1S/C10H18N2O2/c1-13-10(7-11)8-12-5-4-9-3-2-6-14-9/h2-3,6,10,12H,4-5,7-8,11H2,1H3. The number of ether oxygens (including phenoxy) is 1. The second-order valence-electron chi connectivity index (χ2n) is 3.13. The van der Waals surface area contributed by atoms with E-state index in [1.807, 2.05) is 12.1 Å². The first kappa shape index (κ1) is 11.2. The quantitative estimate of drug-likeness (QED) is 0.622. The van der Waals surface area contributed by atoms with E-state index in [2.05, 4.69) is 5.32 Å². The molecule has 4 heteroatoms. The molecule has 1 rings (SSSR count). The highest BCUT2D eigenvalue weighted by atomic mass is 16.5. The third kappa shape index (κ3) is 3.91. The summed E-state index contributed by atoms with van der Waals surface area (Å²) in [5.41, 5.74) is 5.48. The largest absolute Gasteiger partial charge is 0.469 e. The third-order valence-electron chi connectivity index (χ3n) is 2.10. The smallest absolute Gasteiger partial charge is 0.105 e. The van der Waals surface area contributed by atoms with Crippen LogP contribution in [0.3, 0.4) is 0 Å². The van der Waals surface area contributed by atoms with E-state index in [0.717, 1.165) is 25.3 Å². The summed E-state index contributed by atoms with van der Waals surface area (Å²) in [5.74, 6) is 0.999. The SMILES string of the molecule is COC(CN)CNCCc1ccco1. The molecule has 3 N–H and O–H groups in total. The number of furan rings is 1. The summed E-state index contributed by atoms with van der Waals surface area (Å²) in [6.07, 6.45) is 2.69. The maximum atomic E-state index is 5.48. The Morgan fingerprint density at radius 3 is 3.07 bits per heavy atom. The first-order valence-corrected chi connectivity index (χ1v) is 4.82. The van der Waals surface area contributed by atoms with E-state index >= 15 is 0 Å². The minimum absolute atomic E-state index is 0.103. The van der Waals surface area contributed by atoms with Gasteiger partial charge in [0.2, 0.25) is 0 Å². The molecule has 1 heterocycles. The lowest BCUT2D eigenvalue weighted by molar-refractivity contribution is 0.109. The predicted octanol–water partition coefficient (Wildman–Crippen LogP) is 0.385. The van der Waals surface area contributed by atoms with Crippen LogP contribution in [-0.4, -0.2) is 32.8 Å². The molecule has 0 saturated heterocycles. The molecular formula is C10H18N2O2. The van der Waals surface area contributed by atoms with Gasteiger partial charge >= 0.3 is 0 Å². The minimum Gasteiger partial charge on any atom is -0.469 e. The van der Waals surface area contributed by atoms with Crippen molar-refractivity contribution in [1.29, 1.82) is 0 Å². The topological polar surface area (TPSA) is 60.4 Å². The molecule has 0 radical (unpaired) electrons. The Bertz CT molecular complexity index is 220. The molecule has 0 aliphatic carbocycles. The van der Waals surface area contributed by atoms with E-state index < -0.39 is 0 Å². The van der Waals surface area contributed by atoms with Gasteiger partial charge in [-0.25, -0.2) is 0 Å². The normalized spacial score (nSPS) is 13.0. The molecule has 0 aliphatic heterocycles. The van der Waals surface area contributed by atoms with Crippen LogP contribution >= 0.6 is 0 Å². The molecule has 1 atom stereocenters. The summed E-state index contributed by atoms with van der Waals surface area (Å²) in [6.45, 7) is 2.21. The van der Waals surface area contributed by atoms with Crippen LogP contribution in [0.15, 0.2) is 22.8 Å². The molecule has 4 nitrogen and oxygen atoms in total. The van der Waals surface area contributed by atoms with E-state index in [4.69, 9.17) is 14.9 Å². The summed E-state index contributed by atoms with van der Waals surface area (Å²) in [7, 11) is 1.67. The zero-order valence-corrected chi connectivity index (χ0v) is 8.53. The molecule has 0 aromatic carbocycles. The Hall–Kier alpha value is -0.840.